The van der Waals surface area contributed by atoms with Crippen LogP contribution in [0.5, 0.6) is 0 Å². The molecular weight excluding hydrogens is 637 g/mol. The van der Waals surface area contributed by atoms with Gasteiger partial charge in [-0.05, 0) is 68.2 Å². The Labute approximate surface area is 298 Å². The zero-order valence-electron chi connectivity index (χ0n) is 27.9. The molecule has 0 aliphatic rings. The van der Waals surface area contributed by atoms with E-state index in [-0.39, 0.29) is 0 Å². The molecule has 0 aliphatic carbocycles. The number of benzene rings is 8. The van der Waals surface area contributed by atoms with Crippen molar-refractivity contribution in [3.63, 3.8) is 0 Å². The smallest absolute Gasteiger partial charge is 0.162 e. The number of hydrogen-bond donors (Lipinski definition) is 0. The molecular formula is C47H28N4O. The van der Waals surface area contributed by atoms with Gasteiger partial charge in [-0.1, -0.05) is 127 Å². The molecule has 0 saturated carbocycles. The van der Waals surface area contributed by atoms with Gasteiger partial charge in [0, 0.05) is 34.4 Å². The Morgan fingerprint density at radius 3 is 1.69 bits per heavy atom. The van der Waals surface area contributed by atoms with Crippen LogP contribution in [-0.4, -0.2) is 19.5 Å². The van der Waals surface area contributed by atoms with Crippen molar-refractivity contribution in [1.29, 1.82) is 0 Å². The molecule has 0 aliphatic heterocycles. The van der Waals surface area contributed by atoms with Crippen LogP contribution in [0.25, 0.3) is 105 Å². The Kier molecular flexibility index (Phi) is 6.18. The number of nitrogens with zero attached hydrogens (tertiary/aromatic N) is 4. The minimum Gasteiger partial charge on any atom is -0.455 e. The fourth-order valence-corrected chi connectivity index (χ4v) is 7.94. The highest BCUT2D eigenvalue weighted by atomic mass is 16.3. The molecule has 8 aromatic carbocycles. The standard InChI is InChI=1S/C47H28N4O/c1-2-12-29(13-3-1)32-18-10-19-38-39-20-11-21-40(45(39)52-44(32)38)46-48-27-30(28-49-46)47-50-42-22-8-9-23-43(42)51(47)31-24-25-37-35-16-5-4-14-33(35)34-15-6-7-17-36(34)41(37)26-31/h1-28H. The van der Waals surface area contributed by atoms with Crippen LogP contribution >= 0.6 is 0 Å². The maximum absolute atomic E-state index is 6.65. The summed E-state index contributed by atoms with van der Waals surface area (Å²) in [6, 6.07) is 55.2. The molecule has 0 amide bonds. The van der Waals surface area contributed by atoms with Gasteiger partial charge in [0.15, 0.2) is 5.82 Å². The maximum Gasteiger partial charge on any atom is 0.162 e. The van der Waals surface area contributed by atoms with Gasteiger partial charge in [0.2, 0.25) is 0 Å². The van der Waals surface area contributed by atoms with E-state index in [9.17, 15) is 0 Å². The highest BCUT2D eigenvalue weighted by Gasteiger charge is 2.19. The Bertz CT molecular complexity index is 3140. The number of rotatable bonds is 4. The van der Waals surface area contributed by atoms with Crippen molar-refractivity contribution in [1.82, 2.24) is 19.5 Å². The molecule has 242 valence electrons. The third-order valence-corrected chi connectivity index (χ3v) is 10.3. The topological polar surface area (TPSA) is 56.7 Å². The van der Waals surface area contributed by atoms with Gasteiger partial charge in [-0.25, -0.2) is 15.0 Å². The molecule has 3 heterocycles. The van der Waals surface area contributed by atoms with E-state index in [1.165, 1.54) is 32.3 Å². The zero-order valence-corrected chi connectivity index (χ0v) is 27.9. The first-order valence-electron chi connectivity index (χ1n) is 17.4. The van der Waals surface area contributed by atoms with Crippen LogP contribution < -0.4 is 0 Å². The van der Waals surface area contributed by atoms with Crippen molar-refractivity contribution >= 4 is 65.3 Å². The number of para-hydroxylation sites is 4. The lowest BCUT2D eigenvalue weighted by Crippen LogP contribution is -1.99. The fourth-order valence-electron chi connectivity index (χ4n) is 7.94. The van der Waals surface area contributed by atoms with E-state index >= 15 is 0 Å². The minimum absolute atomic E-state index is 0.599. The summed E-state index contributed by atoms with van der Waals surface area (Å²) in [6.45, 7) is 0. The van der Waals surface area contributed by atoms with Crippen LogP contribution in [0, 0.1) is 0 Å². The van der Waals surface area contributed by atoms with Crippen LogP contribution in [-0.2, 0) is 0 Å². The van der Waals surface area contributed by atoms with Gasteiger partial charge in [-0.3, -0.25) is 4.57 Å². The predicted octanol–water partition coefficient (Wildman–Crippen LogP) is 12.2. The van der Waals surface area contributed by atoms with E-state index in [0.29, 0.717) is 5.82 Å². The highest BCUT2D eigenvalue weighted by Crippen LogP contribution is 2.40. The van der Waals surface area contributed by atoms with Crippen LogP contribution in [0.1, 0.15) is 0 Å². The summed E-state index contributed by atoms with van der Waals surface area (Å²) >= 11 is 0. The van der Waals surface area contributed by atoms with Gasteiger partial charge in [-0.15, -0.1) is 0 Å². The predicted molar refractivity (Wildman–Crippen MR) is 213 cm³/mol. The van der Waals surface area contributed by atoms with Gasteiger partial charge in [0.1, 0.15) is 17.0 Å². The summed E-state index contributed by atoms with van der Waals surface area (Å²) in [4.78, 5) is 15.0. The summed E-state index contributed by atoms with van der Waals surface area (Å²) in [5.41, 5.74) is 8.44. The number of aromatic nitrogens is 4. The van der Waals surface area contributed by atoms with Crippen LogP contribution in [0.3, 0.4) is 0 Å². The molecule has 0 radical (unpaired) electrons. The van der Waals surface area contributed by atoms with Gasteiger partial charge in [-0.2, -0.15) is 0 Å². The van der Waals surface area contributed by atoms with Crippen LogP contribution in [0.15, 0.2) is 175 Å². The fraction of sp³-hybridized carbons (Fsp3) is 0. The Hall–Kier alpha value is -7.11. The maximum atomic E-state index is 6.65. The summed E-state index contributed by atoms with van der Waals surface area (Å²) in [5.74, 6) is 1.38. The molecule has 0 saturated heterocycles. The summed E-state index contributed by atoms with van der Waals surface area (Å²) < 4.78 is 8.88. The Morgan fingerprint density at radius 1 is 0.423 bits per heavy atom. The summed E-state index contributed by atoms with van der Waals surface area (Å²) in [7, 11) is 0. The average Bonchev–Trinajstić information content (AvgIpc) is 3.80. The van der Waals surface area contributed by atoms with Crippen molar-refractivity contribution in [2.75, 3.05) is 0 Å². The molecule has 5 heteroatoms. The third kappa shape index (κ3) is 4.26. The molecule has 52 heavy (non-hydrogen) atoms. The molecule has 3 aromatic heterocycles. The number of furan rings is 1. The second kappa shape index (κ2) is 11.2. The Balaban J connectivity index is 1.06. The van der Waals surface area contributed by atoms with Crippen molar-refractivity contribution in [3.8, 4) is 39.6 Å². The first-order chi connectivity index (χ1) is 25.8. The van der Waals surface area contributed by atoms with Gasteiger partial charge in [0.25, 0.3) is 0 Å². The lowest BCUT2D eigenvalue weighted by atomic mass is 9.94. The monoisotopic (exact) mass is 664 g/mol. The van der Waals surface area contributed by atoms with Gasteiger partial charge in [0.05, 0.1) is 22.2 Å². The van der Waals surface area contributed by atoms with E-state index in [0.717, 1.165) is 66.7 Å². The number of fused-ring (bicyclic) bond motifs is 10. The number of imidazole rings is 1. The van der Waals surface area contributed by atoms with Gasteiger partial charge < -0.3 is 4.42 Å². The summed E-state index contributed by atoms with van der Waals surface area (Å²) in [5, 5.41) is 9.53. The number of hydrogen-bond acceptors (Lipinski definition) is 4. The second-order valence-corrected chi connectivity index (χ2v) is 13.2. The third-order valence-electron chi connectivity index (χ3n) is 10.3. The van der Waals surface area contributed by atoms with Gasteiger partial charge >= 0.3 is 0 Å². The molecule has 11 rings (SSSR count). The molecule has 0 bridgehead atoms. The minimum atomic E-state index is 0.599. The molecule has 11 aromatic rings. The molecule has 5 nitrogen and oxygen atoms in total. The molecule has 0 fully saturated rings. The molecule has 0 spiro atoms. The largest absolute Gasteiger partial charge is 0.455 e. The summed E-state index contributed by atoms with van der Waals surface area (Å²) in [6.07, 6.45) is 3.75. The van der Waals surface area contributed by atoms with Crippen molar-refractivity contribution in [3.05, 3.63) is 170 Å². The van der Waals surface area contributed by atoms with Crippen molar-refractivity contribution in [2.45, 2.75) is 0 Å². The lowest BCUT2D eigenvalue weighted by molar-refractivity contribution is 0.670. The second-order valence-electron chi connectivity index (χ2n) is 13.2. The molecule has 0 N–H and O–H groups in total. The SMILES string of the molecule is c1ccc(-c2cccc3c2oc2c(-c4ncc(-c5nc6ccccc6n5-c5ccc6c7ccccc7c7ccccc7c6c5)cn4)cccc23)cc1. The Morgan fingerprint density at radius 2 is 0.981 bits per heavy atom. The van der Waals surface area contributed by atoms with Crippen molar-refractivity contribution < 1.29 is 4.42 Å². The normalized spacial score (nSPS) is 11.8. The quantitative estimate of drug-likeness (QED) is 0.176. The highest BCUT2D eigenvalue weighted by molar-refractivity contribution is 6.25. The van der Waals surface area contributed by atoms with E-state index in [4.69, 9.17) is 19.4 Å². The van der Waals surface area contributed by atoms with Crippen LogP contribution in [0.4, 0.5) is 0 Å². The molecule has 0 unspecified atom stereocenters. The van der Waals surface area contributed by atoms with E-state index in [1.54, 1.807) is 0 Å². The van der Waals surface area contributed by atoms with Crippen LogP contribution in [0.2, 0.25) is 0 Å². The first-order valence-corrected chi connectivity index (χ1v) is 17.4. The lowest BCUT2D eigenvalue weighted by Gasteiger charge is -2.14. The van der Waals surface area contributed by atoms with E-state index in [1.807, 2.05) is 36.7 Å². The first kappa shape index (κ1) is 28.7. The van der Waals surface area contributed by atoms with E-state index in [2.05, 4.69) is 138 Å². The van der Waals surface area contributed by atoms with Crippen molar-refractivity contribution in [2.24, 2.45) is 0 Å². The van der Waals surface area contributed by atoms with E-state index < -0.39 is 0 Å². The average molecular weight is 665 g/mol. The zero-order chi connectivity index (χ0) is 34.2. The molecule has 0 atom stereocenters.